The van der Waals surface area contributed by atoms with E-state index < -0.39 is 0 Å². The maximum absolute atomic E-state index is 8.77. The Labute approximate surface area is 109 Å². The fraction of sp³-hybridized carbons (Fsp3) is 0.533. The molecule has 18 heavy (non-hydrogen) atoms. The van der Waals surface area contributed by atoms with Crippen molar-refractivity contribution < 1.29 is 0 Å². The molecule has 3 heteroatoms. The first kappa shape index (κ1) is 13.1. The van der Waals surface area contributed by atoms with Crippen molar-refractivity contribution in [2.75, 3.05) is 20.1 Å². The van der Waals surface area contributed by atoms with Gasteiger partial charge in [-0.25, -0.2) is 0 Å². The number of nitriles is 1. The van der Waals surface area contributed by atoms with Gasteiger partial charge in [-0.15, -0.1) is 0 Å². The van der Waals surface area contributed by atoms with Gasteiger partial charge in [-0.1, -0.05) is 12.1 Å². The van der Waals surface area contributed by atoms with Crippen molar-refractivity contribution in [1.29, 1.82) is 5.26 Å². The third kappa shape index (κ3) is 3.10. The first-order valence-electron chi connectivity index (χ1n) is 6.55. The summed E-state index contributed by atoms with van der Waals surface area (Å²) in [4.78, 5) is 2.49. The Bertz CT molecular complexity index is 422. The molecule has 1 aliphatic heterocycles. The van der Waals surface area contributed by atoms with Crippen molar-refractivity contribution in [3.63, 3.8) is 0 Å². The predicted molar refractivity (Wildman–Crippen MR) is 73.1 cm³/mol. The number of nitrogens with one attached hydrogen (secondary N) is 1. The summed E-state index contributed by atoms with van der Waals surface area (Å²) in [6.45, 7) is 5.56. The minimum atomic E-state index is 0.307. The molecule has 1 heterocycles. The third-order valence-electron chi connectivity index (χ3n) is 4.05. The average molecular weight is 243 g/mol. The molecule has 0 aromatic heterocycles. The van der Waals surface area contributed by atoms with Gasteiger partial charge in [-0.3, -0.25) is 4.90 Å². The van der Waals surface area contributed by atoms with Gasteiger partial charge in [0, 0.05) is 25.2 Å². The fourth-order valence-corrected chi connectivity index (χ4v) is 2.40. The van der Waals surface area contributed by atoms with Crippen LogP contribution < -0.4 is 5.32 Å². The molecule has 0 amide bonds. The smallest absolute Gasteiger partial charge is 0.0991 e. The van der Waals surface area contributed by atoms with Gasteiger partial charge in [0.2, 0.25) is 0 Å². The Morgan fingerprint density at radius 3 is 2.39 bits per heavy atom. The highest BCUT2D eigenvalue weighted by Gasteiger charge is 2.27. The molecule has 1 fully saturated rings. The molecular weight excluding hydrogens is 222 g/mol. The summed E-state index contributed by atoms with van der Waals surface area (Å²) in [6, 6.07) is 10.1. The first-order valence-corrected chi connectivity index (χ1v) is 6.55. The Morgan fingerprint density at radius 2 is 1.89 bits per heavy atom. The molecule has 1 aromatic carbocycles. The van der Waals surface area contributed by atoms with E-state index in [0.717, 1.165) is 25.2 Å². The van der Waals surface area contributed by atoms with Crippen LogP contribution in [0.4, 0.5) is 0 Å². The monoisotopic (exact) mass is 243 g/mol. The number of likely N-dealkylation sites (tertiary alicyclic amines) is 1. The second kappa shape index (κ2) is 5.51. The molecule has 0 bridgehead atoms. The highest BCUT2D eigenvalue weighted by Crippen LogP contribution is 2.22. The van der Waals surface area contributed by atoms with Gasteiger partial charge in [0.05, 0.1) is 11.6 Å². The molecule has 1 aromatic rings. The van der Waals surface area contributed by atoms with Crippen LogP contribution in [0, 0.1) is 11.3 Å². The van der Waals surface area contributed by atoms with E-state index in [-0.39, 0.29) is 0 Å². The van der Waals surface area contributed by atoms with Crippen molar-refractivity contribution >= 4 is 0 Å². The topological polar surface area (TPSA) is 39.1 Å². The van der Waals surface area contributed by atoms with Crippen molar-refractivity contribution in [3.8, 4) is 6.07 Å². The molecule has 0 radical (unpaired) electrons. The maximum atomic E-state index is 8.77. The van der Waals surface area contributed by atoms with E-state index in [9.17, 15) is 0 Å². The van der Waals surface area contributed by atoms with Gasteiger partial charge >= 0.3 is 0 Å². The van der Waals surface area contributed by atoms with Crippen LogP contribution >= 0.6 is 0 Å². The lowest BCUT2D eigenvalue weighted by Crippen LogP contribution is -2.49. The summed E-state index contributed by atoms with van der Waals surface area (Å²) in [5.41, 5.74) is 2.34. The van der Waals surface area contributed by atoms with Crippen LogP contribution in [-0.2, 0) is 6.54 Å². The Morgan fingerprint density at radius 1 is 1.28 bits per heavy atom. The fourth-order valence-electron chi connectivity index (χ4n) is 2.40. The van der Waals surface area contributed by atoms with Crippen LogP contribution in [-0.4, -0.2) is 30.6 Å². The Balaban J connectivity index is 1.89. The van der Waals surface area contributed by atoms with Crippen molar-refractivity contribution in [1.82, 2.24) is 10.2 Å². The molecule has 1 N–H and O–H groups in total. The zero-order chi connectivity index (χ0) is 13.0. The number of piperidine rings is 1. The van der Waals surface area contributed by atoms with E-state index in [1.165, 1.54) is 18.4 Å². The molecule has 1 saturated heterocycles. The minimum absolute atomic E-state index is 0.307. The molecule has 3 nitrogen and oxygen atoms in total. The van der Waals surface area contributed by atoms with Crippen LogP contribution in [0.1, 0.15) is 30.9 Å². The van der Waals surface area contributed by atoms with E-state index in [1.54, 1.807) is 0 Å². The predicted octanol–water partition coefficient (Wildman–Crippen LogP) is 2.13. The van der Waals surface area contributed by atoms with Gasteiger partial charge in [-0.05, 0) is 44.5 Å². The SMILES string of the molecule is CNC1(C)CCN(Cc2ccc(C#N)cc2)CC1. The zero-order valence-electron chi connectivity index (χ0n) is 11.2. The van der Waals surface area contributed by atoms with Crippen LogP contribution in [0.2, 0.25) is 0 Å². The minimum Gasteiger partial charge on any atom is -0.314 e. The van der Waals surface area contributed by atoms with E-state index >= 15 is 0 Å². The molecule has 0 unspecified atom stereocenters. The molecule has 2 rings (SSSR count). The number of rotatable bonds is 3. The van der Waals surface area contributed by atoms with Gasteiger partial charge in [0.1, 0.15) is 0 Å². The van der Waals surface area contributed by atoms with Crippen LogP contribution in [0.5, 0.6) is 0 Å². The summed E-state index contributed by atoms with van der Waals surface area (Å²) < 4.78 is 0. The molecule has 0 saturated carbocycles. The van der Waals surface area contributed by atoms with Gasteiger partial charge in [-0.2, -0.15) is 5.26 Å². The number of hydrogen-bond acceptors (Lipinski definition) is 3. The third-order valence-corrected chi connectivity index (χ3v) is 4.05. The second-order valence-corrected chi connectivity index (χ2v) is 5.40. The summed E-state index contributed by atoms with van der Waals surface area (Å²) in [7, 11) is 2.05. The molecule has 96 valence electrons. The lowest BCUT2D eigenvalue weighted by atomic mass is 9.90. The normalized spacial score (nSPS) is 19.4. The number of benzene rings is 1. The maximum Gasteiger partial charge on any atom is 0.0991 e. The van der Waals surface area contributed by atoms with Crippen LogP contribution in [0.15, 0.2) is 24.3 Å². The summed E-state index contributed by atoms with van der Waals surface area (Å²) in [5.74, 6) is 0. The quantitative estimate of drug-likeness (QED) is 0.884. The van der Waals surface area contributed by atoms with E-state index in [1.807, 2.05) is 12.1 Å². The Hall–Kier alpha value is -1.37. The summed E-state index contributed by atoms with van der Waals surface area (Å²) >= 11 is 0. The standard InChI is InChI=1S/C15H21N3/c1-15(17-2)7-9-18(10-8-15)12-14-5-3-13(11-16)4-6-14/h3-6,17H,7-10,12H2,1-2H3. The van der Waals surface area contributed by atoms with E-state index in [0.29, 0.717) is 5.54 Å². The first-order chi connectivity index (χ1) is 8.65. The molecule has 1 aliphatic rings. The van der Waals surface area contributed by atoms with Gasteiger partial charge in [0.25, 0.3) is 0 Å². The van der Waals surface area contributed by atoms with Crippen molar-refractivity contribution in [2.24, 2.45) is 0 Å². The summed E-state index contributed by atoms with van der Waals surface area (Å²) in [6.07, 6.45) is 2.39. The highest BCUT2D eigenvalue weighted by molar-refractivity contribution is 5.31. The molecule has 0 atom stereocenters. The molecule has 0 aliphatic carbocycles. The van der Waals surface area contributed by atoms with Gasteiger partial charge in [0.15, 0.2) is 0 Å². The number of hydrogen-bond donors (Lipinski definition) is 1. The molecule has 0 spiro atoms. The Kier molecular flexibility index (Phi) is 4.00. The van der Waals surface area contributed by atoms with E-state index in [2.05, 4.69) is 42.4 Å². The zero-order valence-corrected chi connectivity index (χ0v) is 11.2. The largest absolute Gasteiger partial charge is 0.314 e. The number of nitrogens with zero attached hydrogens (tertiary/aromatic N) is 2. The summed E-state index contributed by atoms with van der Waals surface area (Å²) in [5, 5.41) is 12.2. The van der Waals surface area contributed by atoms with Crippen LogP contribution in [0.25, 0.3) is 0 Å². The van der Waals surface area contributed by atoms with E-state index in [4.69, 9.17) is 5.26 Å². The van der Waals surface area contributed by atoms with Crippen LogP contribution in [0.3, 0.4) is 0 Å². The second-order valence-electron chi connectivity index (χ2n) is 5.40. The van der Waals surface area contributed by atoms with Crippen molar-refractivity contribution in [3.05, 3.63) is 35.4 Å². The lowest BCUT2D eigenvalue weighted by molar-refractivity contribution is 0.146. The highest BCUT2D eigenvalue weighted by atomic mass is 15.1. The average Bonchev–Trinajstić information content (AvgIpc) is 2.42. The van der Waals surface area contributed by atoms with Gasteiger partial charge < -0.3 is 5.32 Å². The molecular formula is C15H21N3. The lowest BCUT2D eigenvalue weighted by Gasteiger charge is -2.39. The van der Waals surface area contributed by atoms with Crippen molar-refractivity contribution in [2.45, 2.75) is 31.8 Å².